The zero-order chi connectivity index (χ0) is 14.9. The normalized spacial score (nSPS) is 19.9. The lowest BCUT2D eigenvalue weighted by molar-refractivity contribution is 0.0302. The molecule has 116 valence electrons. The number of ether oxygens (including phenoxy) is 1. The van der Waals surface area contributed by atoms with Crippen LogP contribution in [-0.4, -0.2) is 51.7 Å². The molecule has 22 heavy (non-hydrogen) atoms. The summed E-state index contributed by atoms with van der Waals surface area (Å²) in [6, 6.07) is 3.74. The summed E-state index contributed by atoms with van der Waals surface area (Å²) in [6.07, 6.45) is 6.75. The van der Waals surface area contributed by atoms with Gasteiger partial charge in [-0.1, -0.05) is 12.8 Å². The Morgan fingerprint density at radius 1 is 1.14 bits per heavy atom. The second kappa shape index (κ2) is 5.68. The Hall–Kier alpha value is -1.95. The van der Waals surface area contributed by atoms with Crippen LogP contribution in [0.3, 0.4) is 0 Å². The van der Waals surface area contributed by atoms with E-state index in [4.69, 9.17) is 4.74 Å². The number of carbonyl (C=O) groups is 1. The fourth-order valence-corrected chi connectivity index (χ4v) is 3.45. The maximum absolute atomic E-state index is 12.6. The van der Waals surface area contributed by atoms with E-state index >= 15 is 0 Å². The molecule has 1 aliphatic heterocycles. The minimum Gasteiger partial charge on any atom is -0.378 e. The summed E-state index contributed by atoms with van der Waals surface area (Å²) in [5.41, 5.74) is 1.52. The van der Waals surface area contributed by atoms with Crippen molar-refractivity contribution in [3.05, 3.63) is 29.7 Å². The van der Waals surface area contributed by atoms with E-state index in [1.807, 2.05) is 27.6 Å². The Kier molecular flexibility index (Phi) is 3.54. The van der Waals surface area contributed by atoms with Gasteiger partial charge < -0.3 is 9.64 Å². The second-order valence-corrected chi connectivity index (χ2v) is 6.09. The van der Waals surface area contributed by atoms with E-state index in [1.54, 1.807) is 0 Å². The molecule has 2 fully saturated rings. The third-order valence-corrected chi connectivity index (χ3v) is 4.69. The number of aromatic nitrogens is 3. The molecule has 2 aromatic rings. The van der Waals surface area contributed by atoms with Gasteiger partial charge in [-0.05, 0) is 25.0 Å². The predicted molar refractivity (Wildman–Crippen MR) is 80.9 cm³/mol. The Morgan fingerprint density at radius 2 is 1.91 bits per heavy atom. The molecule has 0 radical (unpaired) electrons. The summed E-state index contributed by atoms with van der Waals surface area (Å²) in [5, 5.41) is 8.60. The van der Waals surface area contributed by atoms with E-state index in [2.05, 4.69) is 10.2 Å². The van der Waals surface area contributed by atoms with Gasteiger partial charge in [-0.15, -0.1) is 10.2 Å². The van der Waals surface area contributed by atoms with Crippen molar-refractivity contribution in [3.8, 4) is 0 Å². The molecule has 0 bridgehead atoms. The van der Waals surface area contributed by atoms with Crippen LogP contribution in [0.1, 0.15) is 47.8 Å². The third kappa shape index (κ3) is 2.37. The van der Waals surface area contributed by atoms with Crippen molar-refractivity contribution < 1.29 is 9.53 Å². The minimum atomic E-state index is 0.0660. The number of rotatable bonds is 2. The van der Waals surface area contributed by atoms with Crippen molar-refractivity contribution in [1.82, 2.24) is 19.5 Å². The lowest BCUT2D eigenvalue weighted by Gasteiger charge is -2.26. The van der Waals surface area contributed by atoms with Crippen molar-refractivity contribution in [1.29, 1.82) is 0 Å². The van der Waals surface area contributed by atoms with Crippen LogP contribution in [0.4, 0.5) is 0 Å². The van der Waals surface area contributed by atoms with Gasteiger partial charge in [0.1, 0.15) is 5.82 Å². The quantitative estimate of drug-likeness (QED) is 0.849. The fraction of sp³-hybridized carbons (Fsp3) is 0.562. The molecular formula is C16H20N4O2. The fourth-order valence-electron chi connectivity index (χ4n) is 3.45. The highest BCUT2D eigenvalue weighted by Crippen LogP contribution is 2.33. The first-order valence-corrected chi connectivity index (χ1v) is 8.04. The lowest BCUT2D eigenvalue weighted by Crippen LogP contribution is -2.40. The molecule has 1 saturated heterocycles. The average Bonchev–Trinajstić information content (AvgIpc) is 3.23. The molecule has 6 nitrogen and oxygen atoms in total. The molecule has 4 rings (SSSR count). The molecule has 2 aliphatic rings. The number of hydrogen-bond donors (Lipinski definition) is 0. The summed E-state index contributed by atoms with van der Waals surface area (Å²) in [6.45, 7) is 2.56. The van der Waals surface area contributed by atoms with Gasteiger partial charge in [0, 0.05) is 25.2 Å². The maximum atomic E-state index is 12.6. The first-order chi connectivity index (χ1) is 10.8. The Bertz CT molecular complexity index is 685. The van der Waals surface area contributed by atoms with Gasteiger partial charge in [-0.25, -0.2) is 0 Å². The number of nitrogens with zero attached hydrogens (tertiary/aromatic N) is 4. The van der Waals surface area contributed by atoms with Crippen LogP contribution in [0.15, 0.2) is 18.3 Å². The van der Waals surface area contributed by atoms with Crippen molar-refractivity contribution in [3.63, 3.8) is 0 Å². The zero-order valence-electron chi connectivity index (χ0n) is 12.6. The van der Waals surface area contributed by atoms with E-state index < -0.39 is 0 Å². The van der Waals surface area contributed by atoms with Crippen LogP contribution in [0.2, 0.25) is 0 Å². The molecule has 1 saturated carbocycles. The maximum Gasteiger partial charge on any atom is 0.255 e. The van der Waals surface area contributed by atoms with E-state index in [0.717, 1.165) is 11.5 Å². The summed E-state index contributed by atoms with van der Waals surface area (Å²) < 4.78 is 7.31. The Labute approximate surface area is 129 Å². The molecule has 1 aliphatic carbocycles. The van der Waals surface area contributed by atoms with E-state index in [0.29, 0.717) is 37.8 Å². The third-order valence-electron chi connectivity index (χ3n) is 4.69. The Balaban J connectivity index is 1.66. The van der Waals surface area contributed by atoms with Crippen LogP contribution in [0.25, 0.3) is 5.65 Å². The van der Waals surface area contributed by atoms with Gasteiger partial charge in [0.15, 0.2) is 5.65 Å². The van der Waals surface area contributed by atoms with Gasteiger partial charge in [0.25, 0.3) is 5.91 Å². The van der Waals surface area contributed by atoms with Gasteiger partial charge >= 0.3 is 0 Å². The molecule has 3 heterocycles. The molecule has 6 heteroatoms. The van der Waals surface area contributed by atoms with Gasteiger partial charge in [0.2, 0.25) is 0 Å². The molecular weight excluding hydrogens is 280 g/mol. The topological polar surface area (TPSA) is 59.7 Å². The summed E-state index contributed by atoms with van der Waals surface area (Å²) in [4.78, 5) is 14.5. The van der Waals surface area contributed by atoms with Gasteiger partial charge in [0.05, 0.1) is 18.8 Å². The molecule has 0 spiro atoms. The monoisotopic (exact) mass is 300 g/mol. The first-order valence-electron chi connectivity index (χ1n) is 8.04. The largest absolute Gasteiger partial charge is 0.378 e. The number of pyridine rings is 1. The number of carbonyl (C=O) groups excluding carboxylic acids is 1. The summed E-state index contributed by atoms with van der Waals surface area (Å²) in [5.74, 6) is 1.55. The molecule has 1 amide bonds. The average molecular weight is 300 g/mol. The second-order valence-electron chi connectivity index (χ2n) is 6.09. The number of fused-ring (bicyclic) bond motifs is 1. The summed E-state index contributed by atoms with van der Waals surface area (Å²) in [7, 11) is 0. The molecule has 0 unspecified atom stereocenters. The van der Waals surface area contributed by atoms with Crippen LogP contribution in [-0.2, 0) is 4.74 Å². The van der Waals surface area contributed by atoms with Crippen molar-refractivity contribution in [2.24, 2.45) is 0 Å². The van der Waals surface area contributed by atoms with Crippen molar-refractivity contribution >= 4 is 11.6 Å². The predicted octanol–water partition coefficient (Wildman–Crippen LogP) is 1.86. The number of morpholine rings is 1. The lowest BCUT2D eigenvalue weighted by atomic mass is 10.1. The summed E-state index contributed by atoms with van der Waals surface area (Å²) >= 11 is 0. The molecule has 2 aromatic heterocycles. The minimum absolute atomic E-state index is 0.0660. The van der Waals surface area contributed by atoms with E-state index in [1.165, 1.54) is 25.7 Å². The highest BCUT2D eigenvalue weighted by molar-refractivity contribution is 5.94. The molecule has 0 aromatic carbocycles. The van der Waals surface area contributed by atoms with Gasteiger partial charge in [-0.3, -0.25) is 9.20 Å². The van der Waals surface area contributed by atoms with Crippen LogP contribution in [0.5, 0.6) is 0 Å². The number of amides is 1. The standard InChI is InChI=1S/C16H20N4O2/c21-16(19-7-9-22-10-8-19)13-5-6-14-17-18-15(20(14)11-13)12-3-1-2-4-12/h5-6,11-12H,1-4,7-10H2. The van der Waals surface area contributed by atoms with Gasteiger partial charge in [-0.2, -0.15) is 0 Å². The zero-order valence-corrected chi connectivity index (χ0v) is 12.6. The molecule has 0 N–H and O–H groups in total. The van der Waals surface area contributed by atoms with Crippen LogP contribution < -0.4 is 0 Å². The van der Waals surface area contributed by atoms with Crippen LogP contribution in [0, 0.1) is 0 Å². The van der Waals surface area contributed by atoms with E-state index in [-0.39, 0.29) is 5.91 Å². The van der Waals surface area contributed by atoms with Crippen molar-refractivity contribution in [2.45, 2.75) is 31.6 Å². The molecule has 0 atom stereocenters. The van der Waals surface area contributed by atoms with Crippen molar-refractivity contribution in [2.75, 3.05) is 26.3 Å². The number of hydrogen-bond acceptors (Lipinski definition) is 4. The Morgan fingerprint density at radius 3 is 2.68 bits per heavy atom. The highest BCUT2D eigenvalue weighted by atomic mass is 16.5. The highest BCUT2D eigenvalue weighted by Gasteiger charge is 2.24. The smallest absolute Gasteiger partial charge is 0.255 e. The van der Waals surface area contributed by atoms with Crippen LogP contribution >= 0.6 is 0 Å². The first kappa shape index (κ1) is 13.7. The van der Waals surface area contributed by atoms with E-state index in [9.17, 15) is 4.79 Å². The SMILES string of the molecule is O=C(c1ccc2nnc(C3CCCC3)n2c1)N1CCOCC1.